The molecule has 1 N–H and O–H groups in total. The molecule has 0 unspecified atom stereocenters. The number of rotatable bonds is 6. The number of benzene rings is 2. The number of likely N-dealkylation sites (N-methyl/N-ethyl adjacent to an activating group) is 1. The van der Waals surface area contributed by atoms with E-state index in [2.05, 4.69) is 85.1 Å². The van der Waals surface area contributed by atoms with Crippen LogP contribution in [-0.4, -0.2) is 13.6 Å². The van der Waals surface area contributed by atoms with Crippen molar-refractivity contribution in [2.24, 2.45) is 0 Å². The molecule has 0 fully saturated rings. The molecule has 0 saturated carbocycles. The summed E-state index contributed by atoms with van der Waals surface area (Å²) in [6, 6.07) is 21.6. The minimum absolute atomic E-state index is 0.0101. The van der Waals surface area contributed by atoms with E-state index in [9.17, 15) is 0 Å². The lowest BCUT2D eigenvalue weighted by Gasteiger charge is -2.34. The molecule has 0 spiro atoms. The number of nitrogens with one attached hydrogen (secondary N) is 1. The Kier molecular flexibility index (Phi) is 5.14. The molecule has 2 rings (SSSR count). The van der Waals surface area contributed by atoms with Crippen LogP contribution in [-0.2, 0) is 5.41 Å². The van der Waals surface area contributed by atoms with Crippen molar-refractivity contribution in [3.05, 3.63) is 83.9 Å². The van der Waals surface area contributed by atoms with Gasteiger partial charge < -0.3 is 5.32 Å². The van der Waals surface area contributed by atoms with E-state index in [1.54, 1.807) is 0 Å². The standard InChI is InChI=1S/C19H23N/c1-3-4-15-19(16-20-2,17-11-7-5-8-12-17)18-13-9-6-10-14-18/h3-14,20H,15-16H2,1-2H3/b4-3+. The number of hydrogen-bond acceptors (Lipinski definition) is 1. The topological polar surface area (TPSA) is 12.0 Å². The summed E-state index contributed by atoms with van der Waals surface area (Å²) in [4.78, 5) is 0. The summed E-state index contributed by atoms with van der Waals surface area (Å²) in [6.07, 6.45) is 5.39. The van der Waals surface area contributed by atoms with E-state index >= 15 is 0 Å². The highest BCUT2D eigenvalue weighted by atomic mass is 14.8. The van der Waals surface area contributed by atoms with Crippen LogP contribution < -0.4 is 5.32 Å². The fourth-order valence-electron chi connectivity index (χ4n) is 2.81. The van der Waals surface area contributed by atoms with Crippen LogP contribution in [0.4, 0.5) is 0 Å². The third-order valence-electron chi connectivity index (χ3n) is 3.83. The van der Waals surface area contributed by atoms with Crippen LogP contribution in [0, 0.1) is 0 Å². The van der Waals surface area contributed by atoms with Crippen molar-refractivity contribution in [1.82, 2.24) is 5.32 Å². The molecule has 0 radical (unpaired) electrons. The molecule has 0 bridgehead atoms. The fourth-order valence-corrected chi connectivity index (χ4v) is 2.81. The molecule has 0 amide bonds. The largest absolute Gasteiger partial charge is 0.319 e. The molecule has 0 atom stereocenters. The molecule has 104 valence electrons. The minimum Gasteiger partial charge on any atom is -0.319 e. The van der Waals surface area contributed by atoms with E-state index in [1.165, 1.54) is 11.1 Å². The van der Waals surface area contributed by atoms with Gasteiger partial charge in [0.25, 0.3) is 0 Å². The zero-order valence-electron chi connectivity index (χ0n) is 12.3. The first-order valence-corrected chi connectivity index (χ1v) is 7.20. The van der Waals surface area contributed by atoms with E-state index in [0.717, 1.165) is 13.0 Å². The van der Waals surface area contributed by atoms with Crippen molar-refractivity contribution >= 4 is 0 Å². The van der Waals surface area contributed by atoms with Gasteiger partial charge in [0, 0.05) is 12.0 Å². The molecule has 0 aromatic heterocycles. The Morgan fingerprint density at radius 3 is 1.80 bits per heavy atom. The van der Waals surface area contributed by atoms with Crippen LogP contribution in [0.3, 0.4) is 0 Å². The minimum atomic E-state index is -0.0101. The van der Waals surface area contributed by atoms with Crippen molar-refractivity contribution in [3.63, 3.8) is 0 Å². The van der Waals surface area contributed by atoms with E-state index in [4.69, 9.17) is 0 Å². The van der Waals surface area contributed by atoms with Crippen molar-refractivity contribution in [2.75, 3.05) is 13.6 Å². The lowest BCUT2D eigenvalue weighted by atomic mass is 9.72. The maximum atomic E-state index is 3.38. The maximum absolute atomic E-state index is 3.38. The SMILES string of the molecule is C/C=C/CC(CNC)(c1ccccc1)c1ccccc1. The Morgan fingerprint density at radius 2 is 1.40 bits per heavy atom. The Morgan fingerprint density at radius 1 is 0.900 bits per heavy atom. The average Bonchev–Trinajstić information content (AvgIpc) is 2.53. The van der Waals surface area contributed by atoms with Gasteiger partial charge in [0.2, 0.25) is 0 Å². The van der Waals surface area contributed by atoms with Crippen molar-refractivity contribution < 1.29 is 0 Å². The van der Waals surface area contributed by atoms with Gasteiger partial charge in [0.05, 0.1) is 0 Å². The average molecular weight is 265 g/mol. The highest BCUT2D eigenvalue weighted by molar-refractivity contribution is 5.40. The molecular weight excluding hydrogens is 242 g/mol. The van der Waals surface area contributed by atoms with Crippen molar-refractivity contribution in [2.45, 2.75) is 18.8 Å². The van der Waals surface area contributed by atoms with Crippen LogP contribution >= 0.6 is 0 Å². The normalized spacial score (nSPS) is 11.9. The van der Waals surface area contributed by atoms with Gasteiger partial charge in [0.1, 0.15) is 0 Å². The summed E-state index contributed by atoms with van der Waals surface area (Å²) in [7, 11) is 2.02. The molecule has 0 heterocycles. The van der Waals surface area contributed by atoms with Gasteiger partial charge in [-0.25, -0.2) is 0 Å². The van der Waals surface area contributed by atoms with Crippen LogP contribution in [0.5, 0.6) is 0 Å². The van der Waals surface area contributed by atoms with Crippen molar-refractivity contribution in [3.8, 4) is 0 Å². The molecule has 2 aromatic carbocycles. The van der Waals surface area contributed by atoms with Gasteiger partial charge >= 0.3 is 0 Å². The summed E-state index contributed by atoms with van der Waals surface area (Å²) >= 11 is 0. The molecule has 0 aliphatic heterocycles. The summed E-state index contributed by atoms with van der Waals surface area (Å²) in [5.41, 5.74) is 2.71. The molecule has 2 aromatic rings. The van der Waals surface area contributed by atoms with Gasteiger partial charge in [0.15, 0.2) is 0 Å². The van der Waals surface area contributed by atoms with E-state index in [1.807, 2.05) is 7.05 Å². The monoisotopic (exact) mass is 265 g/mol. The second-order valence-corrected chi connectivity index (χ2v) is 5.12. The fraction of sp³-hybridized carbons (Fsp3) is 0.263. The second-order valence-electron chi connectivity index (χ2n) is 5.12. The molecule has 1 nitrogen and oxygen atoms in total. The van der Waals surface area contributed by atoms with E-state index in [-0.39, 0.29) is 5.41 Å². The zero-order valence-corrected chi connectivity index (χ0v) is 12.3. The highest BCUT2D eigenvalue weighted by Crippen LogP contribution is 2.35. The van der Waals surface area contributed by atoms with Crippen molar-refractivity contribution in [1.29, 1.82) is 0 Å². The maximum Gasteiger partial charge on any atom is 0.0361 e. The van der Waals surface area contributed by atoms with E-state index in [0.29, 0.717) is 0 Å². The molecular formula is C19H23N. The van der Waals surface area contributed by atoms with Crippen LogP contribution in [0.15, 0.2) is 72.8 Å². The van der Waals surface area contributed by atoms with Crippen LogP contribution in [0.2, 0.25) is 0 Å². The Bertz CT molecular complexity index is 489. The molecule has 0 aliphatic carbocycles. The molecule has 0 aliphatic rings. The Labute approximate surface area is 122 Å². The first kappa shape index (κ1) is 14.5. The van der Waals surface area contributed by atoms with Gasteiger partial charge in [-0.05, 0) is 31.5 Å². The summed E-state index contributed by atoms with van der Waals surface area (Å²) in [6.45, 7) is 3.01. The van der Waals surface area contributed by atoms with Crippen LogP contribution in [0.1, 0.15) is 24.5 Å². The molecule has 20 heavy (non-hydrogen) atoms. The summed E-state index contributed by atoms with van der Waals surface area (Å²) < 4.78 is 0. The number of hydrogen-bond donors (Lipinski definition) is 1. The number of allylic oxidation sites excluding steroid dienone is 2. The Balaban J connectivity index is 2.56. The Hall–Kier alpha value is -1.86. The van der Waals surface area contributed by atoms with Crippen LogP contribution in [0.25, 0.3) is 0 Å². The summed E-state index contributed by atoms with van der Waals surface area (Å²) in [5, 5.41) is 3.38. The zero-order chi connectivity index (χ0) is 14.3. The van der Waals surface area contributed by atoms with Gasteiger partial charge in [-0.15, -0.1) is 0 Å². The third kappa shape index (κ3) is 3.00. The summed E-state index contributed by atoms with van der Waals surface area (Å²) in [5.74, 6) is 0. The van der Waals surface area contributed by atoms with Gasteiger partial charge in [-0.2, -0.15) is 0 Å². The van der Waals surface area contributed by atoms with Gasteiger partial charge in [-0.1, -0.05) is 72.8 Å². The lowest BCUT2D eigenvalue weighted by molar-refractivity contribution is 0.490. The lowest BCUT2D eigenvalue weighted by Crippen LogP contribution is -2.37. The first-order chi connectivity index (χ1) is 9.83. The third-order valence-corrected chi connectivity index (χ3v) is 3.83. The first-order valence-electron chi connectivity index (χ1n) is 7.20. The quantitative estimate of drug-likeness (QED) is 0.773. The smallest absolute Gasteiger partial charge is 0.0361 e. The van der Waals surface area contributed by atoms with E-state index < -0.39 is 0 Å². The molecule has 0 saturated heterocycles. The highest BCUT2D eigenvalue weighted by Gasteiger charge is 2.32. The second kappa shape index (κ2) is 7.06. The predicted molar refractivity (Wildman–Crippen MR) is 87.0 cm³/mol. The van der Waals surface area contributed by atoms with Gasteiger partial charge in [-0.3, -0.25) is 0 Å². The molecule has 1 heteroatoms. The predicted octanol–water partition coefficient (Wildman–Crippen LogP) is 4.16.